The SMILES string of the molecule is NCc1nc(C(F)F)cc(C(F)(F)F)c1C(=O)O. The van der Waals surface area contributed by atoms with Gasteiger partial charge >= 0.3 is 12.1 Å². The molecule has 3 N–H and O–H groups in total. The van der Waals surface area contributed by atoms with E-state index in [-0.39, 0.29) is 6.07 Å². The van der Waals surface area contributed by atoms with E-state index in [1.165, 1.54) is 0 Å². The molecule has 0 aliphatic carbocycles. The molecule has 0 radical (unpaired) electrons. The van der Waals surface area contributed by atoms with E-state index in [0.717, 1.165) is 0 Å². The third-order valence-corrected chi connectivity index (χ3v) is 2.05. The van der Waals surface area contributed by atoms with Gasteiger partial charge in [-0.15, -0.1) is 0 Å². The molecule has 0 aromatic carbocycles. The van der Waals surface area contributed by atoms with Gasteiger partial charge in [0.2, 0.25) is 0 Å². The minimum Gasteiger partial charge on any atom is -0.478 e. The monoisotopic (exact) mass is 270 g/mol. The summed E-state index contributed by atoms with van der Waals surface area (Å²) in [5, 5.41) is 8.69. The van der Waals surface area contributed by atoms with Crippen molar-refractivity contribution in [2.24, 2.45) is 5.73 Å². The first-order valence-corrected chi connectivity index (χ1v) is 4.51. The highest BCUT2D eigenvalue weighted by Crippen LogP contribution is 2.35. The summed E-state index contributed by atoms with van der Waals surface area (Å²) in [5.74, 6) is -1.92. The van der Waals surface area contributed by atoms with Gasteiger partial charge in [-0.2, -0.15) is 13.2 Å². The van der Waals surface area contributed by atoms with Crippen molar-refractivity contribution in [2.75, 3.05) is 0 Å². The quantitative estimate of drug-likeness (QED) is 0.825. The average molecular weight is 270 g/mol. The van der Waals surface area contributed by atoms with Crippen LogP contribution in [0.3, 0.4) is 0 Å². The first-order chi connectivity index (χ1) is 8.18. The Hall–Kier alpha value is -1.77. The zero-order valence-electron chi connectivity index (χ0n) is 8.63. The maximum absolute atomic E-state index is 12.6. The van der Waals surface area contributed by atoms with Gasteiger partial charge in [0.05, 0.1) is 16.8 Å². The maximum atomic E-state index is 12.6. The summed E-state index contributed by atoms with van der Waals surface area (Å²) in [5.41, 5.74) is 0.264. The lowest BCUT2D eigenvalue weighted by Gasteiger charge is -2.14. The highest BCUT2D eigenvalue weighted by atomic mass is 19.4. The lowest BCUT2D eigenvalue weighted by Crippen LogP contribution is -2.19. The Balaban J connectivity index is 3.63. The van der Waals surface area contributed by atoms with E-state index in [9.17, 15) is 26.7 Å². The molecule has 1 heterocycles. The molecule has 0 aliphatic heterocycles. The fraction of sp³-hybridized carbons (Fsp3) is 0.333. The number of halogens is 5. The molecule has 0 saturated carbocycles. The van der Waals surface area contributed by atoms with Gasteiger partial charge in [0.25, 0.3) is 6.43 Å². The van der Waals surface area contributed by atoms with E-state index in [4.69, 9.17) is 10.8 Å². The van der Waals surface area contributed by atoms with E-state index >= 15 is 0 Å². The van der Waals surface area contributed by atoms with Crippen LogP contribution in [0.15, 0.2) is 6.07 Å². The van der Waals surface area contributed by atoms with E-state index in [0.29, 0.717) is 0 Å². The molecule has 0 saturated heterocycles. The lowest BCUT2D eigenvalue weighted by atomic mass is 10.0. The number of hydrogen-bond donors (Lipinski definition) is 2. The molecule has 0 unspecified atom stereocenters. The van der Waals surface area contributed by atoms with Crippen LogP contribution in [0.2, 0.25) is 0 Å². The van der Waals surface area contributed by atoms with Gasteiger partial charge in [-0.1, -0.05) is 0 Å². The zero-order valence-corrected chi connectivity index (χ0v) is 8.63. The van der Waals surface area contributed by atoms with Crippen LogP contribution in [0, 0.1) is 0 Å². The molecule has 1 rings (SSSR count). The Morgan fingerprint density at radius 2 is 2.00 bits per heavy atom. The molecule has 4 nitrogen and oxygen atoms in total. The number of carboxylic acid groups (broad SMARTS) is 1. The number of aromatic nitrogens is 1. The fourth-order valence-electron chi connectivity index (χ4n) is 1.34. The van der Waals surface area contributed by atoms with Crippen LogP contribution in [0.25, 0.3) is 0 Å². The molecule has 1 aromatic heterocycles. The van der Waals surface area contributed by atoms with Crippen LogP contribution in [-0.2, 0) is 12.7 Å². The van der Waals surface area contributed by atoms with Gasteiger partial charge in [-0.25, -0.2) is 18.6 Å². The van der Waals surface area contributed by atoms with Gasteiger partial charge in [-0.3, -0.25) is 0 Å². The second-order valence-electron chi connectivity index (χ2n) is 3.22. The van der Waals surface area contributed by atoms with Gasteiger partial charge in [0.15, 0.2) is 0 Å². The topological polar surface area (TPSA) is 76.2 Å². The van der Waals surface area contributed by atoms with Crippen molar-refractivity contribution in [3.05, 3.63) is 28.6 Å². The number of alkyl halides is 5. The number of nitrogens with zero attached hydrogens (tertiary/aromatic N) is 1. The van der Waals surface area contributed by atoms with E-state index < -0.39 is 47.6 Å². The first-order valence-electron chi connectivity index (χ1n) is 4.51. The molecular weight excluding hydrogens is 263 g/mol. The third kappa shape index (κ3) is 2.73. The van der Waals surface area contributed by atoms with Crippen LogP contribution >= 0.6 is 0 Å². The molecule has 0 aliphatic rings. The normalized spacial score (nSPS) is 11.9. The van der Waals surface area contributed by atoms with Crippen LogP contribution < -0.4 is 5.73 Å². The standard InChI is InChI=1S/C9H7F5N2O2/c10-7(11)4-1-3(9(12,13)14)6(8(17)18)5(2-15)16-4/h1,7H,2,15H2,(H,17,18). The number of pyridine rings is 1. The molecule has 0 atom stereocenters. The first kappa shape index (κ1) is 14.3. The molecule has 0 fully saturated rings. The minimum absolute atomic E-state index is 0.0211. The molecule has 18 heavy (non-hydrogen) atoms. The Kier molecular flexibility index (Phi) is 3.85. The number of aromatic carboxylic acids is 1. The van der Waals surface area contributed by atoms with Crippen molar-refractivity contribution < 1.29 is 31.9 Å². The van der Waals surface area contributed by atoms with E-state index in [1.54, 1.807) is 0 Å². The summed E-state index contributed by atoms with van der Waals surface area (Å²) < 4.78 is 62.5. The summed E-state index contributed by atoms with van der Waals surface area (Å²) in [4.78, 5) is 13.9. The van der Waals surface area contributed by atoms with Crippen molar-refractivity contribution >= 4 is 5.97 Å². The Morgan fingerprint density at radius 1 is 1.44 bits per heavy atom. The molecule has 100 valence electrons. The smallest absolute Gasteiger partial charge is 0.417 e. The molecular formula is C9H7F5N2O2. The number of nitrogens with two attached hydrogens (primary N) is 1. The van der Waals surface area contributed by atoms with E-state index in [1.807, 2.05) is 0 Å². The fourth-order valence-corrected chi connectivity index (χ4v) is 1.34. The molecule has 1 aromatic rings. The van der Waals surface area contributed by atoms with Crippen LogP contribution in [0.1, 0.15) is 33.7 Å². The average Bonchev–Trinajstić information content (AvgIpc) is 2.25. The second-order valence-corrected chi connectivity index (χ2v) is 3.22. The molecule has 9 heteroatoms. The molecule has 0 amide bonds. The minimum atomic E-state index is -5.08. The Morgan fingerprint density at radius 3 is 2.33 bits per heavy atom. The summed E-state index contributed by atoms with van der Waals surface area (Å²) >= 11 is 0. The van der Waals surface area contributed by atoms with Gasteiger partial charge in [0, 0.05) is 6.54 Å². The van der Waals surface area contributed by atoms with Crippen molar-refractivity contribution in [3.8, 4) is 0 Å². The predicted octanol–water partition coefficient (Wildman–Crippen LogP) is 2.19. The number of carboxylic acids is 1. The van der Waals surface area contributed by atoms with Crippen molar-refractivity contribution in [1.82, 2.24) is 4.98 Å². The largest absolute Gasteiger partial charge is 0.478 e. The third-order valence-electron chi connectivity index (χ3n) is 2.05. The summed E-state index contributed by atoms with van der Waals surface area (Å²) in [7, 11) is 0. The number of rotatable bonds is 3. The molecule has 0 bridgehead atoms. The van der Waals surface area contributed by atoms with Crippen molar-refractivity contribution in [2.45, 2.75) is 19.1 Å². The van der Waals surface area contributed by atoms with Crippen molar-refractivity contribution in [1.29, 1.82) is 0 Å². The number of carbonyl (C=O) groups is 1. The van der Waals surface area contributed by atoms with Crippen LogP contribution in [-0.4, -0.2) is 16.1 Å². The summed E-state index contributed by atoms with van der Waals surface area (Å²) in [6, 6.07) is 0.0211. The highest BCUT2D eigenvalue weighted by molar-refractivity contribution is 5.91. The van der Waals surface area contributed by atoms with Gasteiger partial charge in [0.1, 0.15) is 5.69 Å². The number of hydrogen-bond acceptors (Lipinski definition) is 3. The Labute approximate surface area is 97.2 Å². The molecule has 0 spiro atoms. The lowest BCUT2D eigenvalue weighted by molar-refractivity contribution is -0.138. The zero-order chi connectivity index (χ0) is 14.1. The second kappa shape index (κ2) is 4.84. The van der Waals surface area contributed by atoms with Crippen molar-refractivity contribution in [3.63, 3.8) is 0 Å². The summed E-state index contributed by atoms with van der Waals surface area (Å²) in [6.07, 6.45) is -8.33. The summed E-state index contributed by atoms with van der Waals surface area (Å²) in [6.45, 7) is -0.689. The van der Waals surface area contributed by atoms with Crippen LogP contribution in [0.4, 0.5) is 22.0 Å². The van der Waals surface area contributed by atoms with E-state index in [2.05, 4.69) is 4.98 Å². The maximum Gasteiger partial charge on any atom is 0.417 e. The van der Waals surface area contributed by atoms with Gasteiger partial charge < -0.3 is 10.8 Å². The predicted molar refractivity (Wildman–Crippen MR) is 49.0 cm³/mol. The Bertz CT molecular complexity index is 473. The van der Waals surface area contributed by atoms with Crippen LogP contribution in [0.5, 0.6) is 0 Å². The van der Waals surface area contributed by atoms with Gasteiger partial charge in [-0.05, 0) is 6.07 Å². The highest BCUT2D eigenvalue weighted by Gasteiger charge is 2.38.